The Morgan fingerprint density at radius 3 is 2.72 bits per heavy atom. The topological polar surface area (TPSA) is 66.7 Å². The van der Waals surface area contributed by atoms with Gasteiger partial charge in [0, 0.05) is 58.1 Å². The van der Waals surface area contributed by atoms with Crippen LogP contribution in [0.15, 0.2) is 4.99 Å². The van der Waals surface area contributed by atoms with Crippen molar-refractivity contribution in [2.75, 3.05) is 40.4 Å². The highest BCUT2D eigenvalue weighted by molar-refractivity contribution is 14.0. The number of aryl methyl sites for hydroxylation is 2. The van der Waals surface area contributed by atoms with Crippen molar-refractivity contribution < 1.29 is 4.74 Å². The largest absolute Gasteiger partial charge is 0.383 e. The van der Waals surface area contributed by atoms with Crippen molar-refractivity contribution >= 4 is 29.9 Å². The van der Waals surface area contributed by atoms with Crippen molar-refractivity contribution in [2.45, 2.75) is 39.3 Å². The van der Waals surface area contributed by atoms with Gasteiger partial charge in [0.05, 0.1) is 12.3 Å². The van der Waals surface area contributed by atoms with Gasteiger partial charge >= 0.3 is 0 Å². The van der Waals surface area contributed by atoms with Gasteiger partial charge in [-0.25, -0.2) is 0 Å². The zero-order valence-electron chi connectivity index (χ0n) is 16.1. The molecule has 0 radical (unpaired) electrons. The number of hydrogen-bond acceptors (Lipinski definition) is 4. The predicted molar refractivity (Wildman–Crippen MR) is 113 cm³/mol. The third kappa shape index (κ3) is 6.10. The van der Waals surface area contributed by atoms with E-state index in [1.165, 1.54) is 24.1 Å². The molecule has 2 N–H and O–H groups in total. The van der Waals surface area contributed by atoms with E-state index in [1.807, 2.05) is 25.7 Å². The summed E-state index contributed by atoms with van der Waals surface area (Å²) in [5, 5.41) is 11.3. The van der Waals surface area contributed by atoms with Crippen molar-refractivity contribution in [2.24, 2.45) is 12.0 Å². The van der Waals surface area contributed by atoms with E-state index in [1.54, 1.807) is 7.11 Å². The second-order valence-electron chi connectivity index (χ2n) is 6.40. The summed E-state index contributed by atoms with van der Waals surface area (Å²) in [5.74, 6) is 0.844. The summed E-state index contributed by atoms with van der Waals surface area (Å²) < 4.78 is 7.13. The van der Waals surface area contributed by atoms with Crippen LogP contribution in [-0.4, -0.2) is 67.1 Å². The number of halogens is 1. The van der Waals surface area contributed by atoms with E-state index in [4.69, 9.17) is 4.74 Å². The molecule has 1 atom stereocenters. The minimum Gasteiger partial charge on any atom is -0.383 e. The minimum absolute atomic E-state index is 0. The highest BCUT2D eigenvalue weighted by atomic mass is 127. The number of likely N-dealkylation sites (tertiary alicyclic amines) is 1. The summed E-state index contributed by atoms with van der Waals surface area (Å²) in [7, 11) is 5.56. The maximum Gasteiger partial charge on any atom is 0.191 e. The quantitative estimate of drug-likeness (QED) is 0.363. The zero-order chi connectivity index (χ0) is 17.5. The second-order valence-corrected chi connectivity index (χ2v) is 6.40. The lowest BCUT2D eigenvalue weighted by Crippen LogP contribution is -2.45. The number of nitrogens with zero attached hydrogens (tertiary/aromatic N) is 4. The van der Waals surface area contributed by atoms with E-state index in [2.05, 4.69) is 32.5 Å². The van der Waals surface area contributed by atoms with E-state index in [9.17, 15) is 0 Å². The normalized spacial score (nSPS) is 18.3. The number of nitrogens with one attached hydrogen (secondary N) is 2. The second kappa shape index (κ2) is 11.0. The Bertz CT molecular complexity index is 560. The number of aliphatic imine (C=N–C) groups is 1. The molecule has 1 aliphatic heterocycles. The van der Waals surface area contributed by atoms with Gasteiger partial charge in [-0.15, -0.1) is 24.0 Å². The van der Waals surface area contributed by atoms with Gasteiger partial charge in [-0.05, 0) is 33.2 Å². The van der Waals surface area contributed by atoms with Gasteiger partial charge in [-0.1, -0.05) is 0 Å². The molecule has 0 bridgehead atoms. The molecule has 1 unspecified atom stereocenters. The number of guanidine groups is 1. The standard InChI is InChI=1S/C17H32N6O.HI/c1-13-16(14(2)22(4)21-13)12-20-17(18-3)19-11-15-7-6-8-23(15)9-10-24-5;/h15H,6-12H2,1-5H3,(H2,18,19,20);1H. The highest BCUT2D eigenvalue weighted by Crippen LogP contribution is 2.16. The Balaban J connectivity index is 0.00000312. The fourth-order valence-electron chi connectivity index (χ4n) is 3.31. The highest BCUT2D eigenvalue weighted by Gasteiger charge is 2.24. The molecule has 1 saturated heterocycles. The molecule has 1 fully saturated rings. The van der Waals surface area contributed by atoms with Gasteiger partial charge < -0.3 is 15.4 Å². The molecule has 0 saturated carbocycles. The van der Waals surface area contributed by atoms with Crippen molar-refractivity contribution in [3.63, 3.8) is 0 Å². The smallest absolute Gasteiger partial charge is 0.191 e. The number of aromatic nitrogens is 2. The van der Waals surface area contributed by atoms with Crippen LogP contribution in [-0.2, 0) is 18.3 Å². The summed E-state index contributed by atoms with van der Waals surface area (Å²) >= 11 is 0. The summed E-state index contributed by atoms with van der Waals surface area (Å²) in [5.41, 5.74) is 3.50. The maximum atomic E-state index is 5.20. The first kappa shape index (κ1) is 22.2. The lowest BCUT2D eigenvalue weighted by atomic mass is 10.2. The Kier molecular flexibility index (Phi) is 9.73. The fourth-order valence-corrected chi connectivity index (χ4v) is 3.31. The summed E-state index contributed by atoms with van der Waals surface area (Å²) in [4.78, 5) is 6.84. The van der Waals surface area contributed by atoms with E-state index in [0.29, 0.717) is 6.04 Å². The van der Waals surface area contributed by atoms with E-state index >= 15 is 0 Å². The molecule has 0 amide bonds. The van der Waals surface area contributed by atoms with Crippen LogP contribution < -0.4 is 10.6 Å². The lowest BCUT2D eigenvalue weighted by molar-refractivity contribution is 0.141. The summed E-state index contributed by atoms with van der Waals surface area (Å²) in [6.07, 6.45) is 2.49. The molecular weight excluding hydrogens is 431 g/mol. The third-order valence-corrected chi connectivity index (χ3v) is 4.90. The lowest BCUT2D eigenvalue weighted by Gasteiger charge is -2.25. The molecule has 1 aromatic heterocycles. The molecule has 0 aliphatic carbocycles. The first-order chi connectivity index (χ1) is 11.6. The van der Waals surface area contributed by atoms with E-state index < -0.39 is 0 Å². The SMILES string of the molecule is CN=C(NCc1c(C)nn(C)c1C)NCC1CCCN1CCOC.I. The van der Waals surface area contributed by atoms with Gasteiger partial charge in [0.2, 0.25) is 0 Å². The molecule has 0 spiro atoms. The zero-order valence-corrected chi connectivity index (χ0v) is 18.5. The van der Waals surface area contributed by atoms with Crippen LogP contribution in [0.5, 0.6) is 0 Å². The van der Waals surface area contributed by atoms with E-state index in [0.717, 1.165) is 44.4 Å². The van der Waals surface area contributed by atoms with Gasteiger partial charge in [0.1, 0.15) is 0 Å². The van der Waals surface area contributed by atoms with Crippen LogP contribution >= 0.6 is 24.0 Å². The van der Waals surface area contributed by atoms with Crippen molar-refractivity contribution in [1.29, 1.82) is 0 Å². The molecule has 144 valence electrons. The Hall–Kier alpha value is -0.870. The number of methoxy groups -OCH3 is 1. The number of hydrogen-bond donors (Lipinski definition) is 2. The molecule has 7 nitrogen and oxygen atoms in total. The molecule has 0 aromatic carbocycles. The Morgan fingerprint density at radius 2 is 2.12 bits per heavy atom. The average Bonchev–Trinajstić information content (AvgIpc) is 3.11. The molecule has 2 rings (SSSR count). The minimum atomic E-state index is 0. The average molecular weight is 464 g/mol. The van der Waals surface area contributed by atoms with Gasteiger partial charge in [-0.2, -0.15) is 5.10 Å². The Labute approximate surface area is 168 Å². The fraction of sp³-hybridized carbons (Fsp3) is 0.765. The van der Waals surface area contributed by atoms with Crippen LogP contribution in [0, 0.1) is 13.8 Å². The molecule has 2 heterocycles. The van der Waals surface area contributed by atoms with Gasteiger partial charge in [0.25, 0.3) is 0 Å². The molecule has 1 aliphatic rings. The van der Waals surface area contributed by atoms with Crippen LogP contribution in [0.2, 0.25) is 0 Å². The first-order valence-corrected chi connectivity index (χ1v) is 8.73. The maximum absolute atomic E-state index is 5.20. The first-order valence-electron chi connectivity index (χ1n) is 8.73. The number of ether oxygens (including phenoxy) is 1. The molecule has 1 aromatic rings. The van der Waals surface area contributed by atoms with Crippen LogP contribution in [0.1, 0.15) is 29.8 Å². The van der Waals surface area contributed by atoms with Crippen molar-refractivity contribution in [3.8, 4) is 0 Å². The summed E-state index contributed by atoms with van der Waals surface area (Å²) in [6.45, 7) is 8.76. The third-order valence-electron chi connectivity index (χ3n) is 4.90. The van der Waals surface area contributed by atoms with E-state index in [-0.39, 0.29) is 24.0 Å². The van der Waals surface area contributed by atoms with Gasteiger partial charge in [0.15, 0.2) is 5.96 Å². The van der Waals surface area contributed by atoms with Crippen molar-refractivity contribution in [3.05, 3.63) is 17.0 Å². The van der Waals surface area contributed by atoms with Crippen LogP contribution in [0.25, 0.3) is 0 Å². The predicted octanol–water partition coefficient (Wildman–Crippen LogP) is 1.43. The number of rotatable bonds is 7. The van der Waals surface area contributed by atoms with Gasteiger partial charge in [-0.3, -0.25) is 14.6 Å². The molecule has 25 heavy (non-hydrogen) atoms. The van der Waals surface area contributed by atoms with Crippen LogP contribution in [0.3, 0.4) is 0 Å². The Morgan fingerprint density at radius 1 is 1.36 bits per heavy atom. The molecule has 8 heteroatoms. The van der Waals surface area contributed by atoms with Crippen LogP contribution in [0.4, 0.5) is 0 Å². The van der Waals surface area contributed by atoms with Crippen molar-refractivity contribution in [1.82, 2.24) is 25.3 Å². The molecular formula is C17H33IN6O. The summed E-state index contributed by atoms with van der Waals surface area (Å²) in [6, 6.07) is 0.556. The monoisotopic (exact) mass is 464 g/mol.